The molecule has 0 saturated heterocycles. The molecule has 0 aliphatic carbocycles. The van der Waals surface area contributed by atoms with Crippen molar-refractivity contribution in [2.24, 2.45) is 0 Å². The van der Waals surface area contributed by atoms with Gasteiger partial charge < -0.3 is 24.6 Å². The first kappa shape index (κ1) is 30.3. The molecule has 0 aliphatic heterocycles. The number of amides is 1. The molecule has 188 valence electrons. The molecule has 0 atom stereocenters. The zero-order valence-corrected chi connectivity index (χ0v) is 20.0. The summed E-state index contributed by atoms with van der Waals surface area (Å²) < 4.78 is 15.8. The number of carbonyl (C=O) groups is 3. The molecule has 0 heterocycles. The van der Waals surface area contributed by atoms with Crippen molar-refractivity contribution < 1.29 is 33.7 Å². The van der Waals surface area contributed by atoms with Gasteiger partial charge in [-0.15, -0.1) is 0 Å². The lowest BCUT2D eigenvalue weighted by Gasteiger charge is -2.08. The van der Waals surface area contributed by atoms with Crippen molar-refractivity contribution in [1.82, 2.24) is 5.32 Å². The molecule has 0 radical (unpaired) electrons. The maximum Gasteiger partial charge on any atom is 0.305 e. The first-order chi connectivity index (χ1) is 15.6. The van der Waals surface area contributed by atoms with Gasteiger partial charge in [-0.25, -0.2) is 0 Å². The number of rotatable bonds is 24. The fourth-order valence-corrected chi connectivity index (χ4v) is 3.11. The van der Waals surface area contributed by atoms with Crippen molar-refractivity contribution in [3.05, 3.63) is 0 Å². The van der Waals surface area contributed by atoms with Crippen LogP contribution in [-0.4, -0.2) is 62.5 Å². The summed E-state index contributed by atoms with van der Waals surface area (Å²) >= 11 is 0. The Morgan fingerprint density at radius 3 is 1.78 bits per heavy atom. The van der Waals surface area contributed by atoms with Crippen molar-refractivity contribution in [1.29, 1.82) is 0 Å². The van der Waals surface area contributed by atoms with Crippen LogP contribution in [0.2, 0.25) is 0 Å². The van der Waals surface area contributed by atoms with Crippen LogP contribution < -0.4 is 5.32 Å². The molecule has 0 rings (SSSR count). The van der Waals surface area contributed by atoms with Gasteiger partial charge in [0.2, 0.25) is 5.91 Å². The first-order valence-corrected chi connectivity index (χ1v) is 12.4. The standard InChI is InChI=1S/C24H45NO7/c1-2-3-4-5-6-7-8-9-10-11-12-13-24(29)32-21-20-31-19-18-30-17-16-25-22(26)14-15-23(27)28/h2-21H2,1H3,(H,25,26)(H,27,28). The molecule has 32 heavy (non-hydrogen) atoms. The van der Waals surface area contributed by atoms with Gasteiger partial charge in [0.1, 0.15) is 6.61 Å². The van der Waals surface area contributed by atoms with Gasteiger partial charge in [-0.2, -0.15) is 0 Å². The van der Waals surface area contributed by atoms with Crippen LogP contribution in [-0.2, 0) is 28.6 Å². The van der Waals surface area contributed by atoms with Gasteiger partial charge in [0.05, 0.1) is 32.8 Å². The molecular weight excluding hydrogens is 414 g/mol. The van der Waals surface area contributed by atoms with E-state index in [1.807, 2.05) is 0 Å². The highest BCUT2D eigenvalue weighted by molar-refractivity contribution is 5.80. The Morgan fingerprint density at radius 1 is 0.656 bits per heavy atom. The average Bonchev–Trinajstić information content (AvgIpc) is 2.77. The van der Waals surface area contributed by atoms with Gasteiger partial charge >= 0.3 is 11.9 Å². The topological polar surface area (TPSA) is 111 Å². The SMILES string of the molecule is CCCCCCCCCCCCCC(=O)OCCOCCOCCNC(=O)CCC(=O)O. The second-order valence-electron chi connectivity index (χ2n) is 7.97. The third-order valence-corrected chi connectivity index (χ3v) is 4.98. The summed E-state index contributed by atoms with van der Waals surface area (Å²) in [6.45, 7) is 4.23. The second-order valence-corrected chi connectivity index (χ2v) is 7.97. The number of hydrogen-bond donors (Lipinski definition) is 2. The fourth-order valence-electron chi connectivity index (χ4n) is 3.11. The summed E-state index contributed by atoms with van der Waals surface area (Å²) in [6, 6.07) is 0. The molecule has 0 aromatic carbocycles. The minimum Gasteiger partial charge on any atom is -0.481 e. The van der Waals surface area contributed by atoms with Gasteiger partial charge in [0.25, 0.3) is 0 Å². The minimum absolute atomic E-state index is 0.0313. The molecule has 1 amide bonds. The Morgan fingerprint density at radius 2 is 1.19 bits per heavy atom. The zero-order valence-electron chi connectivity index (χ0n) is 20.0. The number of carboxylic acid groups (broad SMARTS) is 1. The molecule has 0 saturated carbocycles. The van der Waals surface area contributed by atoms with E-state index >= 15 is 0 Å². The monoisotopic (exact) mass is 459 g/mol. The smallest absolute Gasteiger partial charge is 0.305 e. The third-order valence-electron chi connectivity index (χ3n) is 4.98. The van der Waals surface area contributed by atoms with Crippen LogP contribution in [0, 0.1) is 0 Å². The molecule has 0 aliphatic rings. The Balaban J connectivity index is 3.24. The molecule has 0 aromatic rings. The molecular formula is C24H45NO7. The van der Waals surface area contributed by atoms with Crippen molar-refractivity contribution >= 4 is 17.8 Å². The van der Waals surface area contributed by atoms with E-state index in [-0.39, 0.29) is 31.3 Å². The number of aliphatic carboxylic acids is 1. The number of ether oxygens (including phenoxy) is 3. The average molecular weight is 460 g/mol. The van der Waals surface area contributed by atoms with Crippen LogP contribution in [0.5, 0.6) is 0 Å². The van der Waals surface area contributed by atoms with Gasteiger partial charge in [-0.05, 0) is 6.42 Å². The lowest BCUT2D eigenvalue weighted by molar-refractivity contribution is -0.145. The Bertz CT molecular complexity index is 471. The maximum absolute atomic E-state index is 11.7. The number of hydrogen-bond acceptors (Lipinski definition) is 6. The Labute approximate surface area is 193 Å². The summed E-state index contributed by atoms with van der Waals surface area (Å²) in [5.74, 6) is -1.46. The molecule has 0 fully saturated rings. The molecule has 2 N–H and O–H groups in total. The molecule has 0 aromatic heterocycles. The van der Waals surface area contributed by atoms with Crippen LogP contribution in [0.15, 0.2) is 0 Å². The predicted molar refractivity (Wildman–Crippen MR) is 124 cm³/mol. The van der Waals surface area contributed by atoms with E-state index in [9.17, 15) is 14.4 Å². The minimum atomic E-state index is -0.992. The van der Waals surface area contributed by atoms with E-state index in [1.54, 1.807) is 0 Å². The number of carboxylic acids is 1. The zero-order chi connectivity index (χ0) is 23.7. The van der Waals surface area contributed by atoms with Crippen molar-refractivity contribution in [3.8, 4) is 0 Å². The molecule has 0 bridgehead atoms. The Hall–Kier alpha value is -1.67. The van der Waals surface area contributed by atoms with Gasteiger partial charge in [0, 0.05) is 19.4 Å². The highest BCUT2D eigenvalue weighted by Crippen LogP contribution is 2.12. The molecule has 8 nitrogen and oxygen atoms in total. The highest BCUT2D eigenvalue weighted by atomic mass is 16.6. The van der Waals surface area contributed by atoms with Gasteiger partial charge in [-0.3, -0.25) is 14.4 Å². The maximum atomic E-state index is 11.7. The van der Waals surface area contributed by atoms with Crippen LogP contribution >= 0.6 is 0 Å². The third kappa shape index (κ3) is 24.6. The molecule has 0 spiro atoms. The fraction of sp³-hybridized carbons (Fsp3) is 0.875. The lowest BCUT2D eigenvalue weighted by Crippen LogP contribution is -2.28. The molecule has 8 heteroatoms. The summed E-state index contributed by atoms with van der Waals surface area (Å²) in [7, 11) is 0. The summed E-state index contributed by atoms with van der Waals surface area (Å²) in [4.78, 5) is 33.3. The lowest BCUT2D eigenvalue weighted by atomic mass is 10.1. The first-order valence-electron chi connectivity index (χ1n) is 12.4. The Kier molecular flexibility index (Phi) is 22.7. The van der Waals surface area contributed by atoms with Crippen molar-refractivity contribution in [2.75, 3.05) is 39.6 Å². The highest BCUT2D eigenvalue weighted by Gasteiger charge is 2.04. The number of unbranched alkanes of at least 4 members (excludes halogenated alkanes) is 10. The van der Waals surface area contributed by atoms with E-state index in [0.717, 1.165) is 12.8 Å². The normalized spacial score (nSPS) is 10.8. The number of nitrogens with one attached hydrogen (secondary N) is 1. The summed E-state index contributed by atoms with van der Waals surface area (Å²) in [6.07, 6.45) is 14.1. The van der Waals surface area contributed by atoms with Crippen LogP contribution in [0.4, 0.5) is 0 Å². The summed E-state index contributed by atoms with van der Waals surface area (Å²) in [5, 5.41) is 11.1. The van der Waals surface area contributed by atoms with E-state index in [1.165, 1.54) is 57.8 Å². The van der Waals surface area contributed by atoms with E-state index < -0.39 is 5.97 Å². The van der Waals surface area contributed by atoms with Crippen LogP contribution in [0.25, 0.3) is 0 Å². The summed E-state index contributed by atoms with van der Waals surface area (Å²) in [5.41, 5.74) is 0. The van der Waals surface area contributed by atoms with Crippen LogP contribution in [0.3, 0.4) is 0 Å². The van der Waals surface area contributed by atoms with E-state index in [4.69, 9.17) is 19.3 Å². The van der Waals surface area contributed by atoms with E-state index in [2.05, 4.69) is 12.2 Å². The predicted octanol–water partition coefficient (Wildman–Crippen LogP) is 4.24. The van der Waals surface area contributed by atoms with Crippen LogP contribution in [0.1, 0.15) is 96.8 Å². The number of esters is 1. The second kappa shape index (κ2) is 24.0. The number of carbonyl (C=O) groups excluding carboxylic acids is 2. The quantitative estimate of drug-likeness (QED) is 0.164. The molecule has 0 unspecified atom stereocenters. The van der Waals surface area contributed by atoms with Gasteiger partial charge in [-0.1, -0.05) is 71.1 Å². The van der Waals surface area contributed by atoms with Gasteiger partial charge in [0.15, 0.2) is 0 Å². The van der Waals surface area contributed by atoms with E-state index in [0.29, 0.717) is 39.4 Å². The van der Waals surface area contributed by atoms with Crippen molar-refractivity contribution in [3.63, 3.8) is 0 Å². The van der Waals surface area contributed by atoms with Crippen molar-refractivity contribution in [2.45, 2.75) is 96.8 Å². The largest absolute Gasteiger partial charge is 0.481 e.